The third-order valence-corrected chi connectivity index (χ3v) is 10.0. The first-order chi connectivity index (χ1) is 21.8. The molecule has 0 fully saturated rings. The van der Waals surface area contributed by atoms with E-state index in [4.69, 9.17) is 0 Å². The summed E-state index contributed by atoms with van der Waals surface area (Å²) in [5, 5.41) is 2.65. The van der Waals surface area contributed by atoms with Crippen molar-refractivity contribution in [2.75, 3.05) is 4.90 Å². The summed E-state index contributed by atoms with van der Waals surface area (Å²) in [4.78, 5) is 2.45. The van der Waals surface area contributed by atoms with Crippen molar-refractivity contribution in [3.63, 3.8) is 0 Å². The van der Waals surface area contributed by atoms with Crippen molar-refractivity contribution in [3.05, 3.63) is 164 Å². The second-order valence-corrected chi connectivity index (χ2v) is 12.4. The lowest BCUT2D eigenvalue weighted by Gasteiger charge is -2.28. The van der Waals surface area contributed by atoms with Crippen LogP contribution in [0.25, 0.3) is 64.7 Å². The number of hydrogen-bond donors (Lipinski definition) is 0. The van der Waals surface area contributed by atoms with E-state index >= 15 is 0 Å². The minimum atomic E-state index is 1.15. The molecule has 0 unspecified atom stereocenters. The highest BCUT2D eigenvalue weighted by molar-refractivity contribution is 7.26. The van der Waals surface area contributed by atoms with Crippen LogP contribution in [-0.2, 0) is 0 Å². The number of para-hydroxylation sites is 1. The van der Waals surface area contributed by atoms with Crippen LogP contribution >= 0.6 is 11.3 Å². The van der Waals surface area contributed by atoms with Crippen LogP contribution in [0.3, 0.4) is 0 Å². The fourth-order valence-corrected chi connectivity index (χ4v) is 8.04. The molecule has 206 valence electrons. The van der Waals surface area contributed by atoms with Crippen molar-refractivity contribution >= 4 is 48.6 Å². The second-order valence-electron chi connectivity index (χ2n) is 11.3. The van der Waals surface area contributed by atoms with E-state index in [0.717, 1.165) is 5.69 Å². The molecule has 0 saturated carbocycles. The van der Waals surface area contributed by atoms with Crippen LogP contribution in [0.4, 0.5) is 17.1 Å². The number of rotatable bonds is 3. The molecule has 7 aromatic carbocycles. The molecule has 1 aromatic heterocycles. The summed E-state index contributed by atoms with van der Waals surface area (Å²) in [6.45, 7) is 0. The fourth-order valence-electron chi connectivity index (χ4n) is 6.80. The Bertz CT molecular complexity index is 2350. The minimum Gasteiger partial charge on any atom is -0.309 e. The topological polar surface area (TPSA) is 3.24 Å². The zero-order valence-electron chi connectivity index (χ0n) is 23.9. The van der Waals surface area contributed by atoms with Gasteiger partial charge in [0.05, 0.1) is 11.4 Å². The molecular weight excluding hydrogens is 551 g/mol. The Morgan fingerprint density at radius 2 is 1.00 bits per heavy atom. The van der Waals surface area contributed by atoms with Gasteiger partial charge < -0.3 is 4.90 Å². The monoisotopic (exact) mass is 577 g/mol. The van der Waals surface area contributed by atoms with Gasteiger partial charge in [0.1, 0.15) is 0 Å². The van der Waals surface area contributed by atoms with Crippen LogP contribution in [0.1, 0.15) is 0 Å². The number of hydrogen-bond acceptors (Lipinski definition) is 2. The van der Waals surface area contributed by atoms with Gasteiger partial charge in [-0.2, -0.15) is 0 Å². The zero-order chi connectivity index (χ0) is 29.0. The van der Waals surface area contributed by atoms with Crippen LogP contribution in [0.2, 0.25) is 0 Å². The summed E-state index contributed by atoms with van der Waals surface area (Å²) < 4.78 is 2.67. The molecule has 0 atom stereocenters. The van der Waals surface area contributed by atoms with Crippen molar-refractivity contribution in [2.45, 2.75) is 0 Å². The lowest BCUT2D eigenvalue weighted by atomic mass is 9.92. The van der Waals surface area contributed by atoms with Gasteiger partial charge in [-0.3, -0.25) is 0 Å². The van der Waals surface area contributed by atoms with Gasteiger partial charge in [0.2, 0.25) is 0 Å². The van der Waals surface area contributed by atoms with E-state index in [1.807, 2.05) is 11.3 Å². The maximum Gasteiger partial charge on any atom is 0.0540 e. The van der Waals surface area contributed by atoms with Crippen LogP contribution in [-0.4, -0.2) is 0 Å². The van der Waals surface area contributed by atoms with Crippen molar-refractivity contribution in [2.24, 2.45) is 0 Å². The normalized spacial score (nSPS) is 12.0. The third-order valence-electron chi connectivity index (χ3n) is 8.82. The van der Waals surface area contributed by atoms with E-state index in [9.17, 15) is 0 Å². The molecule has 1 nitrogen and oxygen atoms in total. The first kappa shape index (κ1) is 25.1. The maximum atomic E-state index is 2.45. The van der Waals surface area contributed by atoms with E-state index in [-0.39, 0.29) is 0 Å². The van der Waals surface area contributed by atoms with Gasteiger partial charge in [0.15, 0.2) is 0 Å². The Kier molecular flexibility index (Phi) is 5.75. The van der Waals surface area contributed by atoms with E-state index < -0.39 is 0 Å². The molecule has 0 bridgehead atoms. The standard InChI is InChI=1S/C42H27NS/c1-2-12-28(13-3-1)29-14-10-15-31(26-29)43-39-22-8-6-18-35(39)33-16-4-5-17-34(33)38-27-30(24-25-40(38)43)32-20-11-21-37-36-19-7-9-23-41(36)44-42(32)37/h1-27H. The first-order valence-electron chi connectivity index (χ1n) is 15.0. The molecule has 2 heterocycles. The third kappa shape index (κ3) is 3.92. The number of benzene rings is 7. The van der Waals surface area contributed by atoms with E-state index in [2.05, 4.69) is 169 Å². The molecule has 8 aromatic rings. The van der Waals surface area contributed by atoms with Gasteiger partial charge in [-0.1, -0.05) is 127 Å². The maximum absolute atomic E-state index is 2.45. The van der Waals surface area contributed by atoms with Crippen molar-refractivity contribution < 1.29 is 0 Å². The molecule has 9 rings (SSSR count). The van der Waals surface area contributed by atoms with Gasteiger partial charge in [-0.05, 0) is 69.8 Å². The van der Waals surface area contributed by atoms with Gasteiger partial charge in [0.25, 0.3) is 0 Å². The Morgan fingerprint density at radius 1 is 0.364 bits per heavy atom. The molecule has 1 aliphatic heterocycles. The summed E-state index contributed by atoms with van der Waals surface area (Å²) in [6, 6.07) is 59.8. The molecule has 0 radical (unpaired) electrons. The molecule has 44 heavy (non-hydrogen) atoms. The molecule has 1 aliphatic rings. The molecule has 0 N–H and O–H groups in total. The number of thiophene rings is 1. The van der Waals surface area contributed by atoms with Gasteiger partial charge in [-0.15, -0.1) is 11.3 Å². The predicted octanol–water partition coefficient (Wildman–Crippen LogP) is 12.5. The summed E-state index contributed by atoms with van der Waals surface area (Å²) in [7, 11) is 0. The Hall–Kier alpha value is -5.44. The summed E-state index contributed by atoms with van der Waals surface area (Å²) in [5.74, 6) is 0. The zero-order valence-corrected chi connectivity index (χ0v) is 24.8. The highest BCUT2D eigenvalue weighted by atomic mass is 32.1. The van der Waals surface area contributed by atoms with Crippen LogP contribution in [0, 0.1) is 0 Å². The van der Waals surface area contributed by atoms with Crippen molar-refractivity contribution in [1.29, 1.82) is 0 Å². The average molecular weight is 578 g/mol. The van der Waals surface area contributed by atoms with Gasteiger partial charge in [-0.25, -0.2) is 0 Å². The summed E-state index contributed by atoms with van der Waals surface area (Å²) in [6.07, 6.45) is 0. The van der Waals surface area contributed by atoms with Crippen molar-refractivity contribution in [1.82, 2.24) is 0 Å². The summed E-state index contributed by atoms with van der Waals surface area (Å²) in [5.41, 5.74) is 13.4. The number of anilines is 3. The molecule has 0 amide bonds. The average Bonchev–Trinajstić information content (AvgIpc) is 3.43. The molecule has 0 aliphatic carbocycles. The quantitative estimate of drug-likeness (QED) is 0.202. The lowest BCUT2D eigenvalue weighted by Crippen LogP contribution is -2.11. The fraction of sp³-hybridized carbons (Fsp3) is 0. The Labute approximate surface area is 260 Å². The van der Waals surface area contributed by atoms with E-state index in [1.165, 1.54) is 76.1 Å². The highest BCUT2D eigenvalue weighted by Gasteiger charge is 2.26. The first-order valence-corrected chi connectivity index (χ1v) is 15.8. The van der Waals surface area contributed by atoms with Crippen LogP contribution in [0.15, 0.2) is 164 Å². The molecular formula is C42H27NS. The molecule has 0 saturated heterocycles. The van der Waals surface area contributed by atoms with Gasteiger partial charge in [0, 0.05) is 37.0 Å². The number of nitrogens with zero attached hydrogens (tertiary/aromatic N) is 1. The highest BCUT2D eigenvalue weighted by Crippen LogP contribution is 2.52. The predicted molar refractivity (Wildman–Crippen MR) is 189 cm³/mol. The Morgan fingerprint density at radius 3 is 1.89 bits per heavy atom. The largest absolute Gasteiger partial charge is 0.309 e. The van der Waals surface area contributed by atoms with Crippen molar-refractivity contribution in [3.8, 4) is 44.5 Å². The van der Waals surface area contributed by atoms with E-state index in [1.54, 1.807) is 0 Å². The number of fused-ring (bicyclic) bond motifs is 8. The second kappa shape index (κ2) is 10.1. The molecule has 2 heteroatoms. The smallest absolute Gasteiger partial charge is 0.0540 e. The Balaban J connectivity index is 1.31. The molecule has 0 spiro atoms. The van der Waals surface area contributed by atoms with Crippen LogP contribution in [0.5, 0.6) is 0 Å². The van der Waals surface area contributed by atoms with Gasteiger partial charge >= 0.3 is 0 Å². The van der Waals surface area contributed by atoms with Crippen LogP contribution < -0.4 is 4.90 Å². The van der Waals surface area contributed by atoms with E-state index in [0.29, 0.717) is 0 Å². The summed E-state index contributed by atoms with van der Waals surface area (Å²) >= 11 is 1.89. The lowest BCUT2D eigenvalue weighted by molar-refractivity contribution is 1.29. The SMILES string of the molecule is c1ccc(-c2cccc(N3c4ccccc4-c4ccccc4-c4cc(-c5cccc6c5sc5ccccc56)ccc43)c2)cc1. The minimum absolute atomic E-state index is 1.15.